The van der Waals surface area contributed by atoms with Crippen molar-refractivity contribution in [1.82, 2.24) is 10.2 Å². The second kappa shape index (κ2) is 7.72. The summed E-state index contributed by atoms with van der Waals surface area (Å²) in [5.41, 5.74) is 8.23. The van der Waals surface area contributed by atoms with Gasteiger partial charge >= 0.3 is 0 Å². The molecule has 180 valence electrons. The van der Waals surface area contributed by atoms with E-state index in [1.54, 1.807) is 7.11 Å². The average Bonchev–Trinajstić information content (AvgIpc) is 3.44. The van der Waals surface area contributed by atoms with Crippen LogP contribution in [0.4, 0.5) is 11.4 Å². The number of carbonyl (C=O) groups is 1. The Hall–Kier alpha value is -4.06. The summed E-state index contributed by atoms with van der Waals surface area (Å²) in [5, 5.41) is 12.0. The Morgan fingerprint density at radius 1 is 1.06 bits per heavy atom. The van der Waals surface area contributed by atoms with Gasteiger partial charge in [-0.05, 0) is 66.8 Å². The van der Waals surface area contributed by atoms with E-state index in [2.05, 4.69) is 69.5 Å². The molecule has 3 heterocycles. The Balaban J connectivity index is 1.17. The normalized spacial score (nSPS) is 22.7. The first-order chi connectivity index (χ1) is 17.6. The molecule has 1 spiro atoms. The number of nitrogens with one attached hydrogen (secondary N) is 2. The van der Waals surface area contributed by atoms with E-state index in [0.717, 1.165) is 77.1 Å². The fourth-order valence-corrected chi connectivity index (χ4v) is 6.08. The largest absolute Gasteiger partial charge is 0.497 e. The fourth-order valence-electron chi connectivity index (χ4n) is 6.08. The van der Waals surface area contributed by atoms with Crippen LogP contribution in [-0.2, 0) is 10.2 Å². The molecular formula is C30H28N4O2. The second-order valence-electron chi connectivity index (χ2n) is 10.3. The lowest BCUT2D eigenvalue weighted by Gasteiger charge is -2.30. The highest BCUT2D eigenvalue weighted by atomic mass is 16.5. The molecule has 2 fully saturated rings. The van der Waals surface area contributed by atoms with E-state index in [1.807, 2.05) is 18.2 Å². The van der Waals surface area contributed by atoms with Crippen LogP contribution in [0.2, 0.25) is 0 Å². The number of ether oxygens (including phenoxy) is 1. The molecule has 0 unspecified atom stereocenters. The monoisotopic (exact) mass is 476 g/mol. The van der Waals surface area contributed by atoms with Gasteiger partial charge in [0.15, 0.2) is 0 Å². The van der Waals surface area contributed by atoms with Gasteiger partial charge in [0.25, 0.3) is 0 Å². The summed E-state index contributed by atoms with van der Waals surface area (Å²) >= 11 is 0. The number of benzene rings is 3. The Morgan fingerprint density at radius 3 is 2.64 bits per heavy atom. The molecule has 6 heteroatoms. The van der Waals surface area contributed by atoms with Crippen LogP contribution < -0.4 is 15.0 Å². The number of H-pyrrole nitrogens is 1. The van der Waals surface area contributed by atoms with Gasteiger partial charge in [-0.15, -0.1) is 0 Å². The Labute approximate surface area is 210 Å². The van der Waals surface area contributed by atoms with Crippen molar-refractivity contribution >= 4 is 28.2 Å². The molecular weight excluding hydrogens is 448 g/mol. The number of aromatic nitrogens is 2. The maximum absolute atomic E-state index is 13.0. The number of methoxy groups -OCH3 is 1. The smallest absolute Gasteiger partial charge is 0.235 e. The minimum Gasteiger partial charge on any atom is -0.497 e. The van der Waals surface area contributed by atoms with E-state index in [0.29, 0.717) is 0 Å². The van der Waals surface area contributed by atoms with Crippen LogP contribution in [0.5, 0.6) is 5.75 Å². The molecule has 6 nitrogen and oxygen atoms in total. The number of nitrogens with zero attached hydrogens (tertiary/aromatic N) is 2. The van der Waals surface area contributed by atoms with E-state index in [9.17, 15) is 4.79 Å². The van der Waals surface area contributed by atoms with Crippen molar-refractivity contribution in [1.29, 1.82) is 0 Å². The Morgan fingerprint density at radius 2 is 1.86 bits per heavy atom. The van der Waals surface area contributed by atoms with E-state index < -0.39 is 5.41 Å². The molecule has 1 saturated heterocycles. The van der Waals surface area contributed by atoms with E-state index >= 15 is 0 Å². The number of hydrogen-bond acceptors (Lipinski definition) is 4. The van der Waals surface area contributed by atoms with Crippen LogP contribution >= 0.6 is 0 Å². The average molecular weight is 477 g/mol. The lowest BCUT2D eigenvalue weighted by Crippen LogP contribution is -2.30. The van der Waals surface area contributed by atoms with E-state index in [1.165, 1.54) is 11.3 Å². The number of carbonyl (C=O) groups excluding carboxylic acids is 1. The van der Waals surface area contributed by atoms with Crippen LogP contribution in [0.15, 0.2) is 72.8 Å². The number of rotatable bonds is 4. The molecule has 2 atom stereocenters. The van der Waals surface area contributed by atoms with E-state index in [-0.39, 0.29) is 11.8 Å². The summed E-state index contributed by atoms with van der Waals surface area (Å²) in [6.45, 7) is 6.18. The lowest BCUT2D eigenvalue weighted by molar-refractivity contribution is -0.118. The van der Waals surface area contributed by atoms with Gasteiger partial charge < -0.3 is 15.0 Å². The topological polar surface area (TPSA) is 70.2 Å². The first-order valence-electron chi connectivity index (χ1n) is 12.6. The van der Waals surface area contributed by atoms with Gasteiger partial charge in [0.2, 0.25) is 5.91 Å². The van der Waals surface area contributed by atoms with Crippen molar-refractivity contribution in [2.24, 2.45) is 0 Å². The molecule has 0 radical (unpaired) electrons. The fraction of sp³-hybridized carbons (Fsp3) is 0.267. The number of fused-ring (bicyclic) bond motifs is 3. The molecule has 4 aromatic rings. The van der Waals surface area contributed by atoms with Gasteiger partial charge in [-0.2, -0.15) is 5.10 Å². The Bertz CT molecular complexity index is 1530. The summed E-state index contributed by atoms with van der Waals surface area (Å²) in [7, 11) is 1.66. The number of aromatic amines is 1. The van der Waals surface area contributed by atoms with Crippen molar-refractivity contribution in [2.45, 2.75) is 30.6 Å². The molecule has 2 N–H and O–H groups in total. The van der Waals surface area contributed by atoms with Gasteiger partial charge in [0.1, 0.15) is 5.75 Å². The van der Waals surface area contributed by atoms with Crippen molar-refractivity contribution in [3.05, 3.63) is 83.9 Å². The van der Waals surface area contributed by atoms with Crippen LogP contribution in [0.3, 0.4) is 0 Å². The Kier molecular flexibility index (Phi) is 4.55. The molecule has 1 amide bonds. The predicted molar refractivity (Wildman–Crippen MR) is 143 cm³/mol. The number of amides is 1. The molecule has 0 bridgehead atoms. The first kappa shape index (κ1) is 21.2. The molecule has 3 aliphatic rings. The summed E-state index contributed by atoms with van der Waals surface area (Å²) in [4.78, 5) is 15.5. The minimum atomic E-state index is -0.503. The summed E-state index contributed by atoms with van der Waals surface area (Å²) in [6, 6.07) is 21.0. The third-order valence-corrected chi connectivity index (χ3v) is 8.29. The van der Waals surface area contributed by atoms with Crippen LogP contribution in [0.25, 0.3) is 22.2 Å². The summed E-state index contributed by atoms with van der Waals surface area (Å²) < 4.78 is 5.43. The van der Waals surface area contributed by atoms with E-state index in [4.69, 9.17) is 4.74 Å². The predicted octanol–water partition coefficient (Wildman–Crippen LogP) is 5.77. The third-order valence-electron chi connectivity index (χ3n) is 8.29. The standard InChI is InChI=1S/C30H28N4O2/c1-18-11-13-34(14-12-18)21-6-3-19(4-7-21)28-23-9-5-20(15-27(23)32-33-28)25-17-30(25)24-16-22(36-2)8-10-26(24)31-29(30)35/h3-10,15-16,25H,1,11-14,17H2,2H3,(H,31,35)(H,32,33)/t25-,30-/m0/s1. The molecule has 1 saturated carbocycles. The highest BCUT2D eigenvalue weighted by Gasteiger charge is 2.65. The molecule has 36 heavy (non-hydrogen) atoms. The molecule has 3 aromatic carbocycles. The van der Waals surface area contributed by atoms with Crippen LogP contribution in [0, 0.1) is 0 Å². The third kappa shape index (κ3) is 3.10. The lowest BCUT2D eigenvalue weighted by atomic mass is 9.91. The van der Waals surface area contributed by atoms with Gasteiger partial charge in [0.05, 0.1) is 23.7 Å². The van der Waals surface area contributed by atoms with Crippen LogP contribution in [-0.4, -0.2) is 36.3 Å². The number of hydrogen-bond donors (Lipinski definition) is 2. The number of anilines is 2. The van der Waals surface area contributed by atoms with Crippen molar-refractivity contribution in [3.63, 3.8) is 0 Å². The summed E-state index contributed by atoms with van der Waals surface area (Å²) in [6.07, 6.45) is 2.94. The molecule has 7 rings (SSSR count). The highest BCUT2D eigenvalue weighted by Crippen LogP contribution is 2.65. The maximum Gasteiger partial charge on any atom is 0.235 e. The quantitative estimate of drug-likeness (QED) is 0.367. The zero-order valence-electron chi connectivity index (χ0n) is 20.3. The second-order valence-corrected chi connectivity index (χ2v) is 10.3. The minimum absolute atomic E-state index is 0.0826. The highest BCUT2D eigenvalue weighted by molar-refractivity contribution is 6.10. The summed E-state index contributed by atoms with van der Waals surface area (Å²) in [5.74, 6) is 1.00. The molecule has 1 aliphatic carbocycles. The maximum atomic E-state index is 13.0. The van der Waals surface area contributed by atoms with Crippen LogP contribution in [0.1, 0.15) is 36.3 Å². The van der Waals surface area contributed by atoms with Crippen molar-refractivity contribution in [3.8, 4) is 17.0 Å². The van der Waals surface area contributed by atoms with Crippen molar-refractivity contribution < 1.29 is 9.53 Å². The SMILES string of the molecule is C=C1CCN(c2ccc(-c3n[nH]c4cc([C@@H]5C[C@@]56C(=O)Nc5ccc(OC)cc56)ccc34)cc2)CC1. The van der Waals surface area contributed by atoms with Crippen molar-refractivity contribution in [2.75, 3.05) is 30.4 Å². The first-order valence-corrected chi connectivity index (χ1v) is 12.6. The van der Waals surface area contributed by atoms with Gasteiger partial charge in [-0.3, -0.25) is 9.89 Å². The zero-order valence-corrected chi connectivity index (χ0v) is 20.3. The van der Waals surface area contributed by atoms with Gasteiger partial charge in [-0.25, -0.2) is 0 Å². The van der Waals surface area contributed by atoms with Gasteiger partial charge in [0, 0.05) is 41.3 Å². The molecule has 2 aliphatic heterocycles. The number of piperidine rings is 1. The molecule has 1 aromatic heterocycles. The zero-order chi connectivity index (χ0) is 24.4. The van der Waals surface area contributed by atoms with Gasteiger partial charge in [-0.1, -0.05) is 36.4 Å².